The van der Waals surface area contributed by atoms with Crippen molar-refractivity contribution in [2.75, 3.05) is 54.1 Å². The van der Waals surface area contributed by atoms with E-state index in [0.29, 0.717) is 24.1 Å². The average molecular weight is 718 g/mol. The number of allylic oxidation sites excluding steroid dienone is 2. The number of carbonyl (C=O) groups excluding carboxylic acids is 1. The number of esters is 1. The maximum atomic E-state index is 12.6. The standard InChI is InChI=1S/C40H80NO7P/c1-6-8-10-12-14-16-18-20-21-23-25-27-29-31-33-40(42)48-39(38-47-49(43,44)46-36-34-41(3,4)5)37-45-35-32-30-28-26-24-22-19-17-15-13-11-9-7-2/h15,17,39H,6-14,16,18-38H2,1-5H3/b17-15-. The lowest BCUT2D eigenvalue weighted by Crippen LogP contribution is -2.37. The van der Waals surface area contributed by atoms with Crippen molar-refractivity contribution in [1.82, 2.24) is 0 Å². The van der Waals surface area contributed by atoms with E-state index in [9.17, 15) is 14.3 Å². The van der Waals surface area contributed by atoms with Crippen LogP contribution in [0.1, 0.15) is 181 Å². The molecule has 0 saturated heterocycles. The van der Waals surface area contributed by atoms with Crippen LogP contribution < -0.4 is 4.89 Å². The first-order valence-corrected chi connectivity index (χ1v) is 21.9. The first-order chi connectivity index (χ1) is 23.6. The Hall–Kier alpha value is -0.760. The van der Waals surface area contributed by atoms with Gasteiger partial charge in [-0.25, -0.2) is 0 Å². The molecule has 0 aliphatic carbocycles. The van der Waals surface area contributed by atoms with Gasteiger partial charge >= 0.3 is 5.97 Å². The minimum atomic E-state index is -4.51. The van der Waals surface area contributed by atoms with E-state index in [2.05, 4.69) is 26.0 Å². The van der Waals surface area contributed by atoms with Crippen LogP contribution in [-0.2, 0) is 27.9 Å². The van der Waals surface area contributed by atoms with Gasteiger partial charge in [-0.3, -0.25) is 9.36 Å². The molecule has 0 fully saturated rings. The number of unbranched alkanes of at least 4 members (excludes halogenated alkanes) is 22. The van der Waals surface area contributed by atoms with Crippen molar-refractivity contribution in [2.45, 2.75) is 187 Å². The third kappa shape index (κ3) is 38.3. The molecule has 0 aromatic heterocycles. The Morgan fingerprint density at radius 3 is 1.59 bits per heavy atom. The molecule has 49 heavy (non-hydrogen) atoms. The molecule has 0 spiro atoms. The van der Waals surface area contributed by atoms with Crippen LogP contribution in [0.3, 0.4) is 0 Å². The molecule has 0 aromatic rings. The minimum absolute atomic E-state index is 0.0279. The number of rotatable bonds is 38. The lowest BCUT2D eigenvalue weighted by atomic mass is 10.0. The zero-order chi connectivity index (χ0) is 36.3. The fraction of sp³-hybridized carbons (Fsp3) is 0.925. The Bertz CT molecular complexity index is 802. The molecule has 0 saturated carbocycles. The van der Waals surface area contributed by atoms with E-state index in [0.717, 1.165) is 32.1 Å². The van der Waals surface area contributed by atoms with Crippen molar-refractivity contribution in [1.29, 1.82) is 0 Å². The summed E-state index contributed by atoms with van der Waals surface area (Å²) in [5.74, 6) is -0.335. The van der Waals surface area contributed by atoms with E-state index in [1.165, 1.54) is 128 Å². The van der Waals surface area contributed by atoms with E-state index in [1.807, 2.05) is 21.1 Å². The van der Waals surface area contributed by atoms with Gasteiger partial charge < -0.3 is 27.9 Å². The Morgan fingerprint density at radius 2 is 1.06 bits per heavy atom. The number of phosphoric ester groups is 1. The first-order valence-electron chi connectivity index (χ1n) is 20.4. The lowest BCUT2D eigenvalue weighted by Gasteiger charge is -2.28. The van der Waals surface area contributed by atoms with Gasteiger partial charge in [-0.1, -0.05) is 148 Å². The van der Waals surface area contributed by atoms with Crippen LogP contribution in [0, 0.1) is 0 Å². The number of hydrogen-bond donors (Lipinski definition) is 0. The second-order valence-electron chi connectivity index (χ2n) is 15.0. The van der Waals surface area contributed by atoms with Gasteiger partial charge in [-0.15, -0.1) is 0 Å². The number of likely N-dealkylation sites (N-methyl/N-ethyl adjacent to an activating group) is 1. The SMILES string of the molecule is CCCCC/C=C\CCCCCCCCOCC(COP(=O)([O-])OCC[N+](C)(C)C)OC(=O)CCCCCCCCCCCCCCCC. The molecule has 0 amide bonds. The van der Waals surface area contributed by atoms with Gasteiger partial charge in [0.1, 0.15) is 19.3 Å². The molecule has 8 nitrogen and oxygen atoms in total. The largest absolute Gasteiger partial charge is 0.756 e. The van der Waals surface area contributed by atoms with E-state index >= 15 is 0 Å². The van der Waals surface area contributed by atoms with Gasteiger partial charge in [0.2, 0.25) is 0 Å². The number of phosphoric acid groups is 1. The predicted octanol–water partition coefficient (Wildman–Crippen LogP) is 10.9. The van der Waals surface area contributed by atoms with E-state index in [1.54, 1.807) is 0 Å². The highest BCUT2D eigenvalue weighted by Gasteiger charge is 2.20. The molecule has 0 rings (SSSR count). The quantitative estimate of drug-likeness (QED) is 0.0206. The number of quaternary nitrogens is 1. The number of hydrogen-bond acceptors (Lipinski definition) is 7. The van der Waals surface area contributed by atoms with Crippen LogP contribution >= 0.6 is 7.82 Å². The summed E-state index contributed by atoms with van der Waals surface area (Å²) in [5, 5.41) is 0. The van der Waals surface area contributed by atoms with Gasteiger partial charge in [0.25, 0.3) is 7.82 Å². The molecular weight excluding hydrogens is 637 g/mol. The van der Waals surface area contributed by atoms with Crippen LogP contribution in [0.25, 0.3) is 0 Å². The smallest absolute Gasteiger partial charge is 0.306 e. The molecule has 0 N–H and O–H groups in total. The molecule has 2 atom stereocenters. The summed E-state index contributed by atoms with van der Waals surface area (Å²) in [7, 11) is 1.36. The molecule has 2 unspecified atom stereocenters. The average Bonchev–Trinajstić information content (AvgIpc) is 3.04. The molecule has 9 heteroatoms. The third-order valence-corrected chi connectivity index (χ3v) is 9.78. The van der Waals surface area contributed by atoms with Crippen LogP contribution in [0.4, 0.5) is 0 Å². The van der Waals surface area contributed by atoms with Crippen LogP contribution in [0.15, 0.2) is 12.2 Å². The van der Waals surface area contributed by atoms with Crippen LogP contribution in [0.5, 0.6) is 0 Å². The molecule has 292 valence electrons. The van der Waals surface area contributed by atoms with Gasteiger partial charge in [0, 0.05) is 13.0 Å². The summed E-state index contributed by atoms with van der Waals surface area (Å²) in [4.78, 5) is 25.0. The van der Waals surface area contributed by atoms with E-state index in [-0.39, 0.29) is 25.8 Å². The minimum Gasteiger partial charge on any atom is -0.756 e. The second kappa shape index (κ2) is 34.3. The zero-order valence-electron chi connectivity index (χ0n) is 32.9. The van der Waals surface area contributed by atoms with Gasteiger partial charge in [0.05, 0.1) is 34.4 Å². The maximum Gasteiger partial charge on any atom is 0.306 e. The van der Waals surface area contributed by atoms with E-state index in [4.69, 9.17) is 18.5 Å². The fourth-order valence-electron chi connectivity index (χ4n) is 5.60. The molecule has 0 heterocycles. The summed E-state index contributed by atoms with van der Waals surface area (Å²) < 4.78 is 34.5. The van der Waals surface area contributed by atoms with Crippen molar-refractivity contribution in [3.8, 4) is 0 Å². The molecule has 0 aliphatic heterocycles. The highest BCUT2D eigenvalue weighted by Crippen LogP contribution is 2.38. The lowest BCUT2D eigenvalue weighted by molar-refractivity contribution is -0.870. The van der Waals surface area contributed by atoms with Crippen molar-refractivity contribution in [3.05, 3.63) is 12.2 Å². The van der Waals surface area contributed by atoms with Gasteiger partial charge in [-0.05, 0) is 38.5 Å². The summed E-state index contributed by atoms with van der Waals surface area (Å²) in [6.07, 6.45) is 34.9. The van der Waals surface area contributed by atoms with Gasteiger partial charge in [-0.2, -0.15) is 0 Å². The number of nitrogens with zero attached hydrogens (tertiary/aromatic N) is 1. The summed E-state index contributed by atoms with van der Waals surface area (Å²) in [6.45, 7) is 5.40. The van der Waals surface area contributed by atoms with Crippen molar-refractivity contribution < 1.29 is 37.3 Å². The zero-order valence-corrected chi connectivity index (χ0v) is 33.8. The van der Waals surface area contributed by atoms with E-state index < -0.39 is 13.9 Å². The number of ether oxygens (including phenoxy) is 2. The van der Waals surface area contributed by atoms with Crippen molar-refractivity contribution >= 4 is 13.8 Å². The topological polar surface area (TPSA) is 94.1 Å². The van der Waals surface area contributed by atoms with Crippen LogP contribution in [-0.4, -0.2) is 70.7 Å². The Labute approximate surface area is 303 Å². The first kappa shape index (κ1) is 48.2. The summed E-state index contributed by atoms with van der Waals surface area (Å²) >= 11 is 0. The van der Waals surface area contributed by atoms with Crippen molar-refractivity contribution in [2.24, 2.45) is 0 Å². The molecule has 0 aliphatic rings. The predicted molar refractivity (Wildman–Crippen MR) is 204 cm³/mol. The summed E-state index contributed by atoms with van der Waals surface area (Å²) in [6, 6.07) is 0. The Balaban J connectivity index is 4.26. The Kier molecular flexibility index (Phi) is 33.8. The highest BCUT2D eigenvalue weighted by molar-refractivity contribution is 7.45. The van der Waals surface area contributed by atoms with Crippen molar-refractivity contribution in [3.63, 3.8) is 0 Å². The molecular formula is C40H80NO7P. The third-order valence-electron chi connectivity index (χ3n) is 8.82. The second-order valence-corrected chi connectivity index (χ2v) is 16.4. The summed E-state index contributed by atoms with van der Waals surface area (Å²) in [5.41, 5.74) is 0. The number of carbonyl (C=O) groups is 1. The molecule has 0 aromatic carbocycles. The van der Waals surface area contributed by atoms with Gasteiger partial charge in [0.15, 0.2) is 0 Å². The monoisotopic (exact) mass is 718 g/mol. The normalized spacial score (nSPS) is 14.0. The highest BCUT2D eigenvalue weighted by atomic mass is 31.2. The molecule has 0 bridgehead atoms. The molecule has 0 radical (unpaired) electrons. The Morgan fingerprint density at radius 1 is 0.612 bits per heavy atom. The van der Waals surface area contributed by atoms with Crippen LogP contribution in [0.2, 0.25) is 0 Å². The fourth-order valence-corrected chi connectivity index (χ4v) is 6.33. The maximum absolute atomic E-state index is 12.6.